The van der Waals surface area contributed by atoms with Crippen LogP contribution in [0.15, 0.2) is 48.5 Å². The molecule has 11 nitrogen and oxygen atoms in total. The fraction of sp³-hybridized carbons (Fsp3) is 0.545. The van der Waals surface area contributed by atoms with Crippen LogP contribution >= 0.6 is 23.0 Å². The quantitative estimate of drug-likeness (QED) is 0.250. The molecular weight excluding hydrogens is 632 g/mol. The molecule has 3 saturated heterocycles. The Balaban J connectivity index is 0.00000480. The maximum atomic E-state index is 13.9. The van der Waals surface area contributed by atoms with Gasteiger partial charge in [0.15, 0.2) is 0 Å². The Kier molecular flexibility index (Phi) is 12.0. The number of aliphatic hydroxyl groups excluding tert-OH is 1. The average molecular weight is 679 g/mol. The molecule has 5 N–H and O–H groups in total. The Labute approximate surface area is 278 Å². The molecule has 3 amide bonds. The van der Waals surface area contributed by atoms with Gasteiger partial charge in [-0.2, -0.15) is 10.6 Å². The van der Waals surface area contributed by atoms with Gasteiger partial charge in [-0.3, -0.25) is 28.4 Å². The van der Waals surface area contributed by atoms with Gasteiger partial charge in [-0.15, -0.1) is 12.4 Å². The lowest BCUT2D eigenvalue weighted by Crippen LogP contribution is -2.75. The van der Waals surface area contributed by atoms with Crippen molar-refractivity contribution in [3.05, 3.63) is 59.7 Å². The van der Waals surface area contributed by atoms with Gasteiger partial charge in [0.25, 0.3) is 5.91 Å². The number of amides is 3. The predicted molar refractivity (Wildman–Crippen MR) is 181 cm³/mol. The van der Waals surface area contributed by atoms with Gasteiger partial charge in [-0.05, 0) is 80.0 Å². The normalized spacial score (nSPS) is 22.8. The zero-order valence-corrected chi connectivity index (χ0v) is 28.2. The summed E-state index contributed by atoms with van der Waals surface area (Å²) in [6, 6.07) is 13.8. The summed E-state index contributed by atoms with van der Waals surface area (Å²) in [5, 5.41) is 16.7. The molecule has 3 aliphatic rings. The Morgan fingerprint density at radius 3 is 2.20 bits per heavy atom. The van der Waals surface area contributed by atoms with E-state index in [9.17, 15) is 28.6 Å². The van der Waals surface area contributed by atoms with Crippen LogP contribution in [0.2, 0.25) is 0 Å². The van der Waals surface area contributed by atoms with Crippen LogP contribution in [-0.4, -0.2) is 97.6 Å². The predicted octanol–water partition coefficient (Wildman–Crippen LogP) is 4.24. The SMILES string of the molecule is CCCCN1C(=O)[C@@H]([C@H](O)C2CCS(O)(O)CC2)NC(=O)C12CCN(Cc1ccc(Oc3ccc(C(=O)NC)cc3)cc1)CC2.Cl. The van der Waals surface area contributed by atoms with E-state index in [1.807, 2.05) is 24.3 Å². The van der Waals surface area contributed by atoms with Crippen LogP contribution in [0.1, 0.15) is 61.4 Å². The lowest BCUT2D eigenvalue weighted by atomic mass is 9.79. The highest BCUT2D eigenvalue weighted by Gasteiger charge is 2.55. The third kappa shape index (κ3) is 7.98. The highest BCUT2D eigenvalue weighted by molar-refractivity contribution is 8.24. The molecule has 0 unspecified atom stereocenters. The van der Waals surface area contributed by atoms with Crippen molar-refractivity contribution >= 4 is 40.7 Å². The number of aliphatic hydroxyl groups is 1. The molecule has 46 heavy (non-hydrogen) atoms. The Morgan fingerprint density at radius 1 is 1.04 bits per heavy atom. The smallest absolute Gasteiger partial charge is 0.251 e. The van der Waals surface area contributed by atoms with Crippen LogP contribution in [0, 0.1) is 5.92 Å². The van der Waals surface area contributed by atoms with Crippen molar-refractivity contribution in [2.45, 2.75) is 69.7 Å². The minimum absolute atomic E-state index is 0. The van der Waals surface area contributed by atoms with E-state index >= 15 is 0 Å². The number of carbonyl (C=O) groups excluding carboxylic acids is 3. The number of benzene rings is 2. The van der Waals surface area contributed by atoms with E-state index in [1.165, 1.54) is 0 Å². The third-order valence-electron chi connectivity index (χ3n) is 9.54. The number of likely N-dealkylation sites (tertiary alicyclic amines) is 1. The van der Waals surface area contributed by atoms with Gasteiger partial charge in [-0.25, -0.2) is 0 Å². The van der Waals surface area contributed by atoms with Crippen LogP contribution in [0.4, 0.5) is 0 Å². The topological polar surface area (TPSA) is 152 Å². The Morgan fingerprint density at radius 2 is 1.63 bits per heavy atom. The average Bonchev–Trinajstić information content (AvgIpc) is 3.04. The van der Waals surface area contributed by atoms with Gasteiger partial charge in [0.2, 0.25) is 11.8 Å². The molecule has 13 heteroatoms. The molecule has 0 saturated carbocycles. The lowest BCUT2D eigenvalue weighted by Gasteiger charge is -2.53. The number of piperazine rings is 1. The first-order chi connectivity index (χ1) is 21.5. The summed E-state index contributed by atoms with van der Waals surface area (Å²) in [5.41, 5.74) is 0.728. The number of rotatable bonds is 10. The largest absolute Gasteiger partial charge is 0.457 e. The van der Waals surface area contributed by atoms with Gasteiger partial charge in [-0.1, -0.05) is 25.5 Å². The molecule has 254 valence electrons. The van der Waals surface area contributed by atoms with Crippen LogP contribution in [0.5, 0.6) is 11.5 Å². The maximum Gasteiger partial charge on any atom is 0.251 e. The fourth-order valence-corrected chi connectivity index (χ4v) is 8.27. The first kappa shape index (κ1) is 36.0. The summed E-state index contributed by atoms with van der Waals surface area (Å²) in [4.78, 5) is 43.4. The van der Waals surface area contributed by atoms with Crippen molar-refractivity contribution in [3.8, 4) is 11.5 Å². The maximum absolute atomic E-state index is 13.9. The summed E-state index contributed by atoms with van der Waals surface area (Å²) >= 11 is 0. The minimum Gasteiger partial charge on any atom is -0.457 e. The number of unbranched alkanes of at least 4 members (excludes halogenated alkanes) is 1. The molecular formula is C33H47ClN4O7S. The van der Waals surface area contributed by atoms with E-state index < -0.39 is 28.3 Å². The molecule has 5 rings (SSSR count). The van der Waals surface area contributed by atoms with E-state index in [0.29, 0.717) is 68.9 Å². The Bertz CT molecular complexity index is 1340. The molecule has 3 fully saturated rings. The number of nitrogens with one attached hydrogen (secondary N) is 2. The molecule has 0 radical (unpaired) electrons. The summed E-state index contributed by atoms with van der Waals surface area (Å²) < 4.78 is 25.9. The van der Waals surface area contributed by atoms with Gasteiger partial charge >= 0.3 is 0 Å². The second kappa shape index (κ2) is 15.4. The standard InChI is InChI=1S/C33H46N4O7S.ClH/c1-3-4-17-37-31(40)28(29(38)24-13-20-45(42,43)21-14-24)35-32(41)33(37)15-18-36(19-16-33)22-23-5-9-26(10-6-23)44-27-11-7-25(8-12-27)30(39)34-2;/h5-12,24,28-29,38,42-43H,3-4,13-22H2,1-2H3,(H,34,39)(H,35,41);1H/t28-,29-;/m1./s1. The number of carbonyl (C=O) groups is 3. The number of piperidine rings is 1. The van der Waals surface area contributed by atoms with Crippen molar-refractivity contribution in [1.29, 1.82) is 0 Å². The molecule has 0 bridgehead atoms. The van der Waals surface area contributed by atoms with E-state index in [1.54, 1.807) is 36.2 Å². The zero-order valence-electron chi connectivity index (χ0n) is 26.5. The van der Waals surface area contributed by atoms with Crippen LogP contribution in [0.25, 0.3) is 0 Å². The monoisotopic (exact) mass is 678 g/mol. The minimum atomic E-state index is -2.61. The van der Waals surface area contributed by atoms with Gasteiger partial charge in [0, 0.05) is 50.3 Å². The van der Waals surface area contributed by atoms with Gasteiger partial charge < -0.3 is 25.4 Å². The van der Waals surface area contributed by atoms with Crippen LogP contribution in [-0.2, 0) is 16.1 Å². The first-order valence-electron chi connectivity index (χ1n) is 15.9. The summed E-state index contributed by atoms with van der Waals surface area (Å²) in [7, 11) is -1.02. The van der Waals surface area contributed by atoms with Crippen molar-refractivity contribution in [3.63, 3.8) is 0 Å². The van der Waals surface area contributed by atoms with E-state index in [0.717, 1.165) is 18.4 Å². The summed E-state index contributed by atoms with van der Waals surface area (Å²) in [6.07, 6.45) is 2.43. The van der Waals surface area contributed by atoms with E-state index in [4.69, 9.17) is 4.74 Å². The van der Waals surface area contributed by atoms with Crippen molar-refractivity contribution in [1.82, 2.24) is 20.4 Å². The molecule has 2 aromatic rings. The summed E-state index contributed by atoms with van der Waals surface area (Å²) in [6.45, 7) is 4.51. The molecule has 0 aliphatic carbocycles. The van der Waals surface area contributed by atoms with Crippen molar-refractivity contribution in [2.75, 3.05) is 38.2 Å². The van der Waals surface area contributed by atoms with E-state index in [-0.39, 0.29) is 47.6 Å². The molecule has 3 aliphatic heterocycles. The highest BCUT2D eigenvalue weighted by atomic mass is 35.5. The number of hydrogen-bond acceptors (Lipinski definition) is 8. The van der Waals surface area contributed by atoms with Gasteiger partial charge in [0.1, 0.15) is 23.1 Å². The number of hydrogen-bond donors (Lipinski definition) is 5. The summed E-state index contributed by atoms with van der Waals surface area (Å²) in [5.74, 6) is 0.894. The van der Waals surface area contributed by atoms with Crippen molar-refractivity contribution in [2.24, 2.45) is 5.92 Å². The van der Waals surface area contributed by atoms with E-state index in [2.05, 4.69) is 22.5 Å². The van der Waals surface area contributed by atoms with Crippen LogP contribution in [0.3, 0.4) is 0 Å². The van der Waals surface area contributed by atoms with Crippen LogP contribution < -0.4 is 15.4 Å². The van der Waals surface area contributed by atoms with Crippen molar-refractivity contribution < 1.29 is 33.3 Å². The molecule has 3 heterocycles. The molecule has 2 aromatic carbocycles. The zero-order chi connectivity index (χ0) is 32.2. The molecule has 0 aromatic heterocycles. The number of ether oxygens (including phenoxy) is 1. The Hall–Kier alpha value is -2.87. The first-order valence-corrected chi connectivity index (χ1v) is 17.8. The fourth-order valence-electron chi connectivity index (χ4n) is 6.70. The highest BCUT2D eigenvalue weighted by Crippen LogP contribution is 2.47. The molecule has 2 atom stereocenters. The number of halogens is 1. The third-order valence-corrected chi connectivity index (χ3v) is 11.3. The lowest BCUT2D eigenvalue weighted by molar-refractivity contribution is -0.165. The second-order valence-electron chi connectivity index (χ2n) is 12.5. The van der Waals surface area contributed by atoms with Gasteiger partial charge in [0.05, 0.1) is 6.10 Å². The second-order valence-corrected chi connectivity index (χ2v) is 14.9. The number of nitrogens with zero attached hydrogens (tertiary/aromatic N) is 2. The molecule has 1 spiro atoms.